The molecule has 4 unspecified atom stereocenters. The quantitative estimate of drug-likeness (QED) is 0.649. The summed E-state index contributed by atoms with van der Waals surface area (Å²) in [6.45, 7) is 8.30. The van der Waals surface area contributed by atoms with E-state index in [9.17, 15) is 14.1 Å². The van der Waals surface area contributed by atoms with E-state index in [4.69, 9.17) is 9.57 Å². The lowest BCUT2D eigenvalue weighted by atomic mass is 9.52. The number of hydrogen-bond donors (Lipinski definition) is 2. The van der Waals surface area contributed by atoms with Crippen molar-refractivity contribution in [3.8, 4) is 5.75 Å². The van der Waals surface area contributed by atoms with Gasteiger partial charge in [0.05, 0.1) is 26.8 Å². The number of aliphatic hydroxyl groups excluding tert-OH is 1. The number of aliphatic hydroxyl groups is 1. The van der Waals surface area contributed by atoms with Crippen LogP contribution in [0.25, 0.3) is 0 Å². The second-order valence-electron chi connectivity index (χ2n) is 9.88. The third-order valence-corrected chi connectivity index (χ3v) is 8.72. The number of carbonyl (C=O) groups is 1. The molecule has 174 valence electrons. The third kappa shape index (κ3) is 2.68. The van der Waals surface area contributed by atoms with Gasteiger partial charge >= 0.3 is 0 Å². The number of hydrogen-bond acceptors (Lipinski definition) is 6. The molecule has 5 rings (SSSR count). The first-order valence-corrected chi connectivity index (χ1v) is 12.5. The second kappa shape index (κ2) is 6.90. The molecule has 2 aliphatic heterocycles. The number of nitrogens with zero attached hydrogens (tertiary/aromatic N) is 1. The Kier molecular flexibility index (Phi) is 4.62. The van der Waals surface area contributed by atoms with E-state index in [1.807, 2.05) is 26.0 Å². The summed E-state index contributed by atoms with van der Waals surface area (Å²) in [4.78, 5) is 18.1. The van der Waals surface area contributed by atoms with Gasteiger partial charge in [0.15, 0.2) is 11.8 Å². The zero-order valence-corrected chi connectivity index (χ0v) is 20.4. The fourth-order valence-corrected chi connectivity index (χ4v) is 6.73. The van der Waals surface area contributed by atoms with Crippen molar-refractivity contribution in [3.63, 3.8) is 0 Å². The molecule has 2 aliphatic carbocycles. The molecule has 1 spiro atoms. The van der Waals surface area contributed by atoms with Crippen LogP contribution in [0.2, 0.25) is 0 Å². The van der Waals surface area contributed by atoms with E-state index in [1.165, 1.54) is 7.11 Å². The largest absolute Gasteiger partial charge is 0.477 e. The second-order valence-corrected chi connectivity index (χ2v) is 11.2. The van der Waals surface area contributed by atoms with E-state index < -0.39 is 33.5 Å². The van der Waals surface area contributed by atoms with Crippen molar-refractivity contribution < 1.29 is 23.7 Å². The predicted octanol–water partition coefficient (Wildman–Crippen LogP) is 3.29. The van der Waals surface area contributed by atoms with Gasteiger partial charge in [0.1, 0.15) is 18.6 Å². The van der Waals surface area contributed by atoms with Gasteiger partial charge in [0, 0.05) is 17.1 Å². The number of rotatable bonds is 2. The van der Waals surface area contributed by atoms with Crippen molar-refractivity contribution in [2.75, 3.05) is 13.4 Å². The lowest BCUT2D eigenvalue weighted by molar-refractivity contribution is 0.00712. The fourth-order valence-electron chi connectivity index (χ4n) is 5.83. The molecule has 1 amide bonds. The van der Waals surface area contributed by atoms with Crippen molar-refractivity contribution in [2.24, 2.45) is 16.0 Å². The van der Waals surface area contributed by atoms with Gasteiger partial charge in [-0.25, -0.2) is 0 Å². The van der Waals surface area contributed by atoms with Crippen LogP contribution < -0.4 is 10.1 Å². The summed E-state index contributed by atoms with van der Waals surface area (Å²) in [5.41, 5.74) is 2.38. The maximum absolute atomic E-state index is 13.0. The van der Waals surface area contributed by atoms with Crippen LogP contribution in [0.3, 0.4) is 0 Å². The highest BCUT2D eigenvalue weighted by Crippen LogP contribution is 2.62. The van der Waals surface area contributed by atoms with Crippen LogP contribution >= 0.6 is 0 Å². The van der Waals surface area contributed by atoms with Gasteiger partial charge in [-0.15, -0.1) is 0 Å². The standard InChI is InChI=1S/C25H28N2O5S/c1-13-7-10-17-23(2,3)20(27-31-5)16(33(6)30)12-25(17)24(13,4)11-14-8-9-15-18(19(14)32-25)22(29)26-21(15)28/h7-10,12,22,29H,11H2,1-6H3,(H,26,28). The van der Waals surface area contributed by atoms with Gasteiger partial charge in [-0.2, -0.15) is 0 Å². The van der Waals surface area contributed by atoms with E-state index in [2.05, 4.69) is 36.5 Å². The number of benzene rings is 1. The molecule has 1 aromatic carbocycles. The van der Waals surface area contributed by atoms with Gasteiger partial charge in [0.25, 0.3) is 5.91 Å². The van der Waals surface area contributed by atoms with Crippen LogP contribution in [-0.4, -0.2) is 39.9 Å². The molecule has 4 aliphatic rings. The molecule has 0 saturated heterocycles. The number of ether oxygens (including phenoxy) is 1. The SMILES string of the molecule is CON=C1C(S(C)=O)=CC23Oc4c(ccc5c4C(O)NC5=O)CC2(C)C(C)=CC=C3C1(C)C. The molecule has 4 atom stereocenters. The first-order chi connectivity index (χ1) is 15.5. The minimum Gasteiger partial charge on any atom is -0.477 e. The van der Waals surface area contributed by atoms with Gasteiger partial charge in [-0.05, 0) is 36.6 Å². The molecule has 1 aromatic rings. The van der Waals surface area contributed by atoms with Crippen LogP contribution in [0.1, 0.15) is 55.4 Å². The Morgan fingerprint density at radius 2 is 2.00 bits per heavy atom. The Labute approximate surface area is 195 Å². The number of fused-ring (bicyclic) bond motifs is 3. The summed E-state index contributed by atoms with van der Waals surface area (Å²) < 4.78 is 19.9. The number of carbonyl (C=O) groups excluding carboxylic acids is 1. The smallest absolute Gasteiger partial charge is 0.254 e. The summed E-state index contributed by atoms with van der Waals surface area (Å²) in [6.07, 6.45) is 7.21. The Hall–Kier alpha value is -2.71. The minimum absolute atomic E-state index is 0.324. The van der Waals surface area contributed by atoms with E-state index in [0.29, 0.717) is 33.9 Å². The van der Waals surface area contributed by atoms with Gasteiger partial charge < -0.3 is 20.0 Å². The van der Waals surface area contributed by atoms with Crippen molar-refractivity contribution in [1.29, 1.82) is 0 Å². The summed E-state index contributed by atoms with van der Waals surface area (Å²) in [7, 11) is 0.124. The van der Waals surface area contributed by atoms with Crippen molar-refractivity contribution in [1.82, 2.24) is 5.32 Å². The molecule has 0 aromatic heterocycles. The summed E-state index contributed by atoms with van der Waals surface area (Å²) in [5, 5.41) is 17.5. The van der Waals surface area contributed by atoms with Crippen LogP contribution in [0, 0.1) is 10.8 Å². The average Bonchev–Trinajstić information content (AvgIpc) is 3.03. The predicted molar refractivity (Wildman–Crippen MR) is 126 cm³/mol. The van der Waals surface area contributed by atoms with Crippen molar-refractivity contribution >= 4 is 22.4 Å². The van der Waals surface area contributed by atoms with E-state index in [0.717, 1.165) is 16.7 Å². The maximum atomic E-state index is 13.0. The van der Waals surface area contributed by atoms with Crippen LogP contribution in [0.4, 0.5) is 0 Å². The lowest BCUT2D eigenvalue weighted by Crippen LogP contribution is -2.62. The van der Waals surface area contributed by atoms with Crippen molar-refractivity contribution in [3.05, 3.63) is 63.1 Å². The Balaban J connectivity index is 1.85. The molecular weight excluding hydrogens is 440 g/mol. The van der Waals surface area contributed by atoms with Gasteiger partial charge in [-0.3, -0.25) is 9.00 Å². The van der Waals surface area contributed by atoms with Crippen LogP contribution in [0.5, 0.6) is 5.75 Å². The molecule has 2 heterocycles. The monoisotopic (exact) mass is 468 g/mol. The Morgan fingerprint density at radius 1 is 1.27 bits per heavy atom. The highest BCUT2D eigenvalue weighted by atomic mass is 32.2. The topological polar surface area (TPSA) is 97.2 Å². The highest BCUT2D eigenvalue weighted by Gasteiger charge is 2.63. The summed E-state index contributed by atoms with van der Waals surface area (Å²) in [6, 6.07) is 3.66. The van der Waals surface area contributed by atoms with Crippen molar-refractivity contribution in [2.45, 2.75) is 45.9 Å². The average molecular weight is 469 g/mol. The van der Waals surface area contributed by atoms with Crippen LogP contribution in [-0.2, 0) is 22.1 Å². The van der Waals surface area contributed by atoms with E-state index >= 15 is 0 Å². The maximum Gasteiger partial charge on any atom is 0.254 e. The third-order valence-electron chi connectivity index (χ3n) is 7.79. The van der Waals surface area contributed by atoms with Gasteiger partial charge in [0.2, 0.25) is 0 Å². The van der Waals surface area contributed by atoms with E-state index in [-0.39, 0.29) is 5.91 Å². The summed E-state index contributed by atoms with van der Waals surface area (Å²) >= 11 is 0. The lowest BCUT2D eigenvalue weighted by Gasteiger charge is -2.58. The molecule has 7 nitrogen and oxygen atoms in total. The fraction of sp³-hybridized carbons (Fsp3) is 0.440. The zero-order chi connectivity index (χ0) is 23.9. The molecule has 0 bridgehead atoms. The number of allylic oxidation sites excluding steroid dienone is 3. The summed E-state index contributed by atoms with van der Waals surface area (Å²) in [5.74, 6) is 0.187. The highest BCUT2D eigenvalue weighted by molar-refractivity contribution is 7.89. The number of nitrogens with one attached hydrogen (secondary N) is 1. The first-order valence-electron chi connectivity index (χ1n) is 10.9. The molecule has 8 heteroatoms. The normalized spacial score (nSPS) is 33.3. The molecular formula is C25H28N2O5S. The Bertz CT molecular complexity index is 1260. The molecule has 0 fully saturated rings. The molecule has 0 radical (unpaired) electrons. The zero-order valence-electron chi connectivity index (χ0n) is 19.6. The molecule has 33 heavy (non-hydrogen) atoms. The molecule has 0 saturated carbocycles. The number of amides is 1. The van der Waals surface area contributed by atoms with E-state index in [1.54, 1.807) is 12.3 Å². The minimum atomic E-state index is -1.36. The molecule has 2 N–H and O–H groups in total. The Morgan fingerprint density at radius 3 is 2.67 bits per heavy atom. The van der Waals surface area contributed by atoms with Crippen LogP contribution in [0.15, 0.2) is 51.6 Å². The first kappa shape index (κ1) is 22.1. The number of oxime groups is 1. The van der Waals surface area contributed by atoms with Gasteiger partial charge in [-0.1, -0.05) is 49.7 Å².